The molecule has 0 aliphatic heterocycles. The van der Waals surface area contributed by atoms with E-state index in [0.717, 1.165) is 30.8 Å². The second-order valence-electron chi connectivity index (χ2n) is 4.71. The van der Waals surface area contributed by atoms with Crippen molar-refractivity contribution in [2.45, 2.75) is 26.3 Å². The first kappa shape index (κ1) is 15.0. The van der Waals surface area contributed by atoms with E-state index in [1.54, 1.807) is 18.5 Å². The maximum absolute atomic E-state index is 12.1. The number of amides is 1. The fourth-order valence-electron chi connectivity index (χ4n) is 1.84. The van der Waals surface area contributed by atoms with E-state index in [1.807, 2.05) is 24.3 Å². The van der Waals surface area contributed by atoms with Gasteiger partial charge in [0.2, 0.25) is 0 Å². The third kappa shape index (κ3) is 4.87. The molecule has 0 saturated heterocycles. The molecule has 2 N–H and O–H groups in total. The Bertz CT molecular complexity index is 571. The van der Waals surface area contributed by atoms with E-state index in [0.29, 0.717) is 12.2 Å². The summed E-state index contributed by atoms with van der Waals surface area (Å²) in [7, 11) is 0. The minimum absolute atomic E-state index is 0.195. The second-order valence-corrected chi connectivity index (χ2v) is 4.71. The molecule has 0 unspecified atom stereocenters. The van der Waals surface area contributed by atoms with E-state index < -0.39 is 0 Å². The minimum atomic E-state index is -0.195. The summed E-state index contributed by atoms with van der Waals surface area (Å²) in [6, 6.07) is 9.24. The van der Waals surface area contributed by atoms with Crippen molar-refractivity contribution in [3.63, 3.8) is 0 Å². The third-order valence-electron chi connectivity index (χ3n) is 3.01. The molecule has 0 radical (unpaired) electrons. The van der Waals surface area contributed by atoms with Gasteiger partial charge in [-0.3, -0.25) is 14.8 Å². The van der Waals surface area contributed by atoms with E-state index >= 15 is 0 Å². The summed E-state index contributed by atoms with van der Waals surface area (Å²) in [6.07, 6.45) is 5.58. The van der Waals surface area contributed by atoms with E-state index in [4.69, 9.17) is 0 Å². The van der Waals surface area contributed by atoms with Gasteiger partial charge in [0.15, 0.2) is 0 Å². The summed E-state index contributed by atoms with van der Waals surface area (Å²) >= 11 is 0. The Kier molecular flexibility index (Phi) is 5.70. The maximum Gasteiger partial charge on any atom is 0.270 e. The van der Waals surface area contributed by atoms with Gasteiger partial charge in [-0.05, 0) is 30.7 Å². The number of nitrogens with one attached hydrogen (secondary N) is 2. The van der Waals surface area contributed by atoms with E-state index in [1.165, 1.54) is 0 Å². The highest BCUT2D eigenvalue weighted by Gasteiger charge is 2.07. The van der Waals surface area contributed by atoms with Crippen molar-refractivity contribution in [1.82, 2.24) is 15.3 Å². The molecule has 5 nitrogen and oxygen atoms in total. The molecule has 2 heterocycles. The molecule has 110 valence electrons. The fraction of sp³-hybridized carbons (Fsp3) is 0.312. The summed E-state index contributed by atoms with van der Waals surface area (Å²) < 4.78 is 0. The lowest BCUT2D eigenvalue weighted by Crippen LogP contribution is -2.24. The Morgan fingerprint density at radius 1 is 1.19 bits per heavy atom. The number of rotatable bonds is 7. The largest absolute Gasteiger partial charge is 0.385 e. The first-order chi connectivity index (χ1) is 10.3. The van der Waals surface area contributed by atoms with Gasteiger partial charge < -0.3 is 10.6 Å². The third-order valence-corrected chi connectivity index (χ3v) is 3.01. The van der Waals surface area contributed by atoms with Crippen molar-refractivity contribution in [2.75, 3.05) is 11.9 Å². The molecule has 0 aromatic carbocycles. The second kappa shape index (κ2) is 7.99. The average Bonchev–Trinajstić information content (AvgIpc) is 2.54. The van der Waals surface area contributed by atoms with Crippen molar-refractivity contribution < 1.29 is 4.79 Å². The minimum Gasteiger partial charge on any atom is -0.385 e. The lowest BCUT2D eigenvalue weighted by atomic mass is 10.2. The molecule has 0 saturated carbocycles. The Labute approximate surface area is 124 Å². The zero-order valence-corrected chi connectivity index (χ0v) is 12.2. The smallest absolute Gasteiger partial charge is 0.270 e. The van der Waals surface area contributed by atoms with Gasteiger partial charge in [0.05, 0.1) is 12.2 Å². The Morgan fingerprint density at radius 3 is 2.86 bits per heavy atom. The fourth-order valence-corrected chi connectivity index (χ4v) is 1.84. The van der Waals surface area contributed by atoms with Gasteiger partial charge in [-0.1, -0.05) is 19.4 Å². The molecule has 0 bridgehead atoms. The Balaban J connectivity index is 1.91. The maximum atomic E-state index is 12.1. The summed E-state index contributed by atoms with van der Waals surface area (Å²) in [5, 5.41) is 6.10. The highest BCUT2D eigenvalue weighted by Crippen LogP contribution is 2.08. The molecule has 1 amide bonds. The van der Waals surface area contributed by atoms with Crippen LogP contribution < -0.4 is 10.6 Å². The van der Waals surface area contributed by atoms with Crippen LogP contribution in [0.4, 0.5) is 5.69 Å². The monoisotopic (exact) mass is 284 g/mol. The Hall–Kier alpha value is -2.43. The Morgan fingerprint density at radius 2 is 2.10 bits per heavy atom. The van der Waals surface area contributed by atoms with Gasteiger partial charge in [0, 0.05) is 24.6 Å². The number of unbranched alkanes of at least 4 members (excludes halogenated alkanes) is 1. The summed E-state index contributed by atoms with van der Waals surface area (Å²) in [5.41, 5.74) is 2.15. The van der Waals surface area contributed by atoms with Crippen LogP contribution >= 0.6 is 0 Å². The van der Waals surface area contributed by atoms with Crippen LogP contribution in [0.3, 0.4) is 0 Å². The number of pyridine rings is 2. The topological polar surface area (TPSA) is 66.9 Å². The SMILES string of the molecule is CCCCNc1ccnc(C(=O)NCc2ccccn2)c1. The molecule has 0 aliphatic carbocycles. The predicted molar refractivity (Wildman–Crippen MR) is 83.0 cm³/mol. The van der Waals surface area contributed by atoms with E-state index in [2.05, 4.69) is 27.5 Å². The van der Waals surface area contributed by atoms with Crippen LogP contribution in [-0.2, 0) is 6.54 Å². The number of anilines is 1. The highest BCUT2D eigenvalue weighted by atomic mass is 16.1. The molecule has 21 heavy (non-hydrogen) atoms. The van der Waals surface area contributed by atoms with E-state index in [-0.39, 0.29) is 5.91 Å². The molecular formula is C16H20N4O. The van der Waals surface area contributed by atoms with Crippen molar-refractivity contribution >= 4 is 11.6 Å². The zero-order chi connectivity index (χ0) is 14.9. The van der Waals surface area contributed by atoms with Crippen molar-refractivity contribution in [3.8, 4) is 0 Å². The predicted octanol–water partition coefficient (Wildman–Crippen LogP) is 2.62. The van der Waals surface area contributed by atoms with Crippen molar-refractivity contribution in [1.29, 1.82) is 0 Å². The lowest BCUT2D eigenvalue weighted by Gasteiger charge is -2.08. The first-order valence-electron chi connectivity index (χ1n) is 7.17. The molecule has 5 heteroatoms. The number of nitrogens with zero attached hydrogens (tertiary/aromatic N) is 2. The summed E-state index contributed by atoms with van der Waals surface area (Å²) in [5.74, 6) is -0.195. The normalized spacial score (nSPS) is 10.1. The molecule has 0 spiro atoms. The van der Waals surface area contributed by atoms with Gasteiger partial charge in [-0.15, -0.1) is 0 Å². The zero-order valence-electron chi connectivity index (χ0n) is 12.2. The molecule has 0 fully saturated rings. The molecule has 2 aromatic rings. The van der Waals surface area contributed by atoms with Crippen molar-refractivity contribution in [2.24, 2.45) is 0 Å². The molecule has 2 aromatic heterocycles. The number of hydrogen-bond acceptors (Lipinski definition) is 4. The average molecular weight is 284 g/mol. The first-order valence-corrected chi connectivity index (χ1v) is 7.17. The van der Waals surface area contributed by atoms with Crippen LogP contribution in [0.2, 0.25) is 0 Å². The van der Waals surface area contributed by atoms with E-state index in [9.17, 15) is 4.79 Å². The van der Waals surface area contributed by atoms with Crippen LogP contribution in [0.15, 0.2) is 42.7 Å². The lowest BCUT2D eigenvalue weighted by molar-refractivity contribution is 0.0945. The van der Waals surface area contributed by atoms with Crippen LogP contribution in [-0.4, -0.2) is 22.4 Å². The summed E-state index contributed by atoms with van der Waals surface area (Å²) in [6.45, 7) is 3.44. The summed E-state index contributed by atoms with van der Waals surface area (Å²) in [4.78, 5) is 20.3. The van der Waals surface area contributed by atoms with Crippen molar-refractivity contribution in [3.05, 3.63) is 54.1 Å². The number of aromatic nitrogens is 2. The molecule has 2 rings (SSSR count). The number of carbonyl (C=O) groups is 1. The van der Waals surface area contributed by atoms with Gasteiger partial charge in [-0.2, -0.15) is 0 Å². The van der Waals surface area contributed by atoms with Crippen LogP contribution in [0, 0.1) is 0 Å². The van der Waals surface area contributed by atoms with Crippen LogP contribution in [0.25, 0.3) is 0 Å². The quantitative estimate of drug-likeness (QED) is 0.767. The van der Waals surface area contributed by atoms with Gasteiger partial charge in [-0.25, -0.2) is 0 Å². The molecule has 0 aliphatic rings. The van der Waals surface area contributed by atoms with Gasteiger partial charge >= 0.3 is 0 Å². The molecule has 0 atom stereocenters. The molecular weight excluding hydrogens is 264 g/mol. The highest BCUT2D eigenvalue weighted by molar-refractivity contribution is 5.93. The van der Waals surface area contributed by atoms with Crippen LogP contribution in [0.1, 0.15) is 35.9 Å². The van der Waals surface area contributed by atoms with Crippen LogP contribution in [0.5, 0.6) is 0 Å². The standard InChI is InChI=1S/C16H20N4O/c1-2-3-8-17-13-7-10-19-15(11-13)16(21)20-12-14-6-4-5-9-18-14/h4-7,9-11H,2-3,8,12H2,1H3,(H,17,19)(H,20,21). The van der Waals surface area contributed by atoms with Gasteiger partial charge in [0.1, 0.15) is 5.69 Å². The van der Waals surface area contributed by atoms with Gasteiger partial charge in [0.25, 0.3) is 5.91 Å². The number of carbonyl (C=O) groups excluding carboxylic acids is 1. The number of hydrogen-bond donors (Lipinski definition) is 2.